The highest BCUT2D eigenvalue weighted by molar-refractivity contribution is 6.30. The summed E-state index contributed by atoms with van der Waals surface area (Å²) in [6.07, 6.45) is 3.75. The monoisotopic (exact) mass is 380 g/mol. The molecule has 2 aliphatic rings. The third-order valence-corrected chi connectivity index (χ3v) is 5.04. The maximum Gasteiger partial charge on any atom is 0.251 e. The fourth-order valence-electron chi connectivity index (χ4n) is 3.44. The van der Waals surface area contributed by atoms with Gasteiger partial charge in [0, 0.05) is 30.1 Å². The predicted molar refractivity (Wildman–Crippen MR) is 98.1 cm³/mol. The van der Waals surface area contributed by atoms with Crippen LogP contribution in [0.2, 0.25) is 5.02 Å². The van der Waals surface area contributed by atoms with Gasteiger partial charge in [0.2, 0.25) is 5.91 Å². The Morgan fingerprint density at radius 1 is 1.15 bits per heavy atom. The zero-order valence-electron chi connectivity index (χ0n) is 14.8. The van der Waals surface area contributed by atoms with Crippen molar-refractivity contribution in [3.8, 4) is 0 Å². The molecule has 2 amide bonds. The van der Waals surface area contributed by atoms with Crippen molar-refractivity contribution < 1.29 is 19.1 Å². The lowest BCUT2D eigenvalue weighted by Gasteiger charge is -2.38. The van der Waals surface area contributed by atoms with Crippen LogP contribution in [0.4, 0.5) is 0 Å². The number of carbonyl (C=O) groups excluding carboxylic acids is 2. The van der Waals surface area contributed by atoms with Crippen molar-refractivity contribution in [3.63, 3.8) is 0 Å². The van der Waals surface area contributed by atoms with E-state index in [0.29, 0.717) is 43.2 Å². The highest BCUT2D eigenvalue weighted by Crippen LogP contribution is 2.25. The molecule has 0 saturated carbocycles. The number of piperidine rings is 1. The van der Waals surface area contributed by atoms with Crippen LogP contribution >= 0.6 is 11.6 Å². The molecule has 2 fully saturated rings. The topological polar surface area (TPSA) is 67.9 Å². The lowest BCUT2D eigenvalue weighted by atomic mass is 10.0. The quantitative estimate of drug-likeness (QED) is 0.770. The smallest absolute Gasteiger partial charge is 0.251 e. The minimum Gasteiger partial charge on any atom is -0.352 e. The number of carbonyl (C=O) groups is 2. The average molecular weight is 381 g/mol. The zero-order valence-corrected chi connectivity index (χ0v) is 15.5. The molecule has 2 heterocycles. The molecule has 3 rings (SSSR count). The van der Waals surface area contributed by atoms with Gasteiger partial charge in [0.1, 0.15) is 0 Å². The summed E-state index contributed by atoms with van der Waals surface area (Å²) in [6.45, 7) is 2.41. The Labute approximate surface area is 158 Å². The summed E-state index contributed by atoms with van der Waals surface area (Å²) in [5.74, 6) is -0.0488. The molecular weight excluding hydrogens is 356 g/mol. The Balaban J connectivity index is 1.42. The van der Waals surface area contributed by atoms with Gasteiger partial charge in [-0.25, -0.2) is 0 Å². The van der Waals surface area contributed by atoms with E-state index in [4.69, 9.17) is 21.1 Å². The van der Waals surface area contributed by atoms with Gasteiger partial charge in [-0.15, -0.1) is 0 Å². The normalized spacial score (nSPS) is 21.0. The number of rotatable bonds is 6. The summed E-state index contributed by atoms with van der Waals surface area (Å²) < 4.78 is 11.2. The van der Waals surface area contributed by atoms with E-state index in [0.717, 1.165) is 25.8 Å². The van der Waals surface area contributed by atoms with Crippen molar-refractivity contribution in [1.82, 2.24) is 10.2 Å². The second-order valence-corrected chi connectivity index (χ2v) is 7.06. The molecule has 1 aromatic rings. The van der Waals surface area contributed by atoms with Gasteiger partial charge in [0.15, 0.2) is 6.29 Å². The fourth-order valence-corrected chi connectivity index (χ4v) is 3.56. The van der Waals surface area contributed by atoms with E-state index in [1.807, 2.05) is 4.90 Å². The van der Waals surface area contributed by atoms with E-state index in [2.05, 4.69) is 5.32 Å². The number of ether oxygens (including phenoxy) is 2. The van der Waals surface area contributed by atoms with Crippen LogP contribution < -0.4 is 5.32 Å². The molecule has 1 atom stereocenters. The van der Waals surface area contributed by atoms with Gasteiger partial charge in [-0.05, 0) is 49.9 Å². The summed E-state index contributed by atoms with van der Waals surface area (Å²) in [4.78, 5) is 26.6. The first-order valence-corrected chi connectivity index (χ1v) is 9.59. The fraction of sp³-hybridized carbons (Fsp3) is 0.579. The van der Waals surface area contributed by atoms with E-state index >= 15 is 0 Å². The molecule has 26 heavy (non-hydrogen) atoms. The lowest BCUT2D eigenvalue weighted by molar-refractivity contribution is -0.150. The molecule has 1 N–H and O–H groups in total. The molecule has 0 aromatic heterocycles. The summed E-state index contributed by atoms with van der Waals surface area (Å²) in [5, 5.41) is 3.44. The summed E-state index contributed by atoms with van der Waals surface area (Å²) in [7, 11) is 0. The van der Waals surface area contributed by atoms with Gasteiger partial charge in [0.25, 0.3) is 5.91 Å². The largest absolute Gasteiger partial charge is 0.352 e. The highest BCUT2D eigenvalue weighted by Gasteiger charge is 2.35. The van der Waals surface area contributed by atoms with Gasteiger partial charge in [-0.1, -0.05) is 11.6 Å². The number of hydrogen-bond donors (Lipinski definition) is 1. The van der Waals surface area contributed by atoms with Crippen molar-refractivity contribution in [2.45, 2.75) is 44.4 Å². The third kappa shape index (κ3) is 4.96. The highest BCUT2D eigenvalue weighted by atomic mass is 35.5. The van der Waals surface area contributed by atoms with Crippen molar-refractivity contribution in [3.05, 3.63) is 34.9 Å². The Morgan fingerprint density at radius 2 is 1.88 bits per heavy atom. The SMILES string of the molecule is O=C(NCCCC(=O)N1CCCCC1C1OCCO1)c1ccc(Cl)cc1. The maximum absolute atomic E-state index is 12.6. The van der Waals surface area contributed by atoms with Crippen LogP contribution in [0.3, 0.4) is 0 Å². The van der Waals surface area contributed by atoms with E-state index in [-0.39, 0.29) is 24.1 Å². The number of halogens is 1. The van der Waals surface area contributed by atoms with Gasteiger partial charge in [0.05, 0.1) is 19.3 Å². The zero-order chi connectivity index (χ0) is 18.4. The van der Waals surface area contributed by atoms with Crippen LogP contribution in [0.25, 0.3) is 0 Å². The Morgan fingerprint density at radius 3 is 2.62 bits per heavy atom. The molecular formula is C19H25ClN2O4. The van der Waals surface area contributed by atoms with Crippen LogP contribution in [-0.2, 0) is 14.3 Å². The second-order valence-electron chi connectivity index (χ2n) is 6.63. The van der Waals surface area contributed by atoms with Crippen LogP contribution in [0, 0.1) is 0 Å². The molecule has 7 heteroatoms. The van der Waals surface area contributed by atoms with Crippen molar-refractivity contribution >= 4 is 23.4 Å². The van der Waals surface area contributed by atoms with Crippen molar-refractivity contribution in [2.75, 3.05) is 26.3 Å². The third-order valence-electron chi connectivity index (χ3n) is 4.79. The van der Waals surface area contributed by atoms with Crippen LogP contribution in [0.5, 0.6) is 0 Å². The molecule has 1 unspecified atom stereocenters. The van der Waals surface area contributed by atoms with Gasteiger partial charge in [-0.2, -0.15) is 0 Å². The molecule has 2 saturated heterocycles. The summed E-state index contributed by atoms with van der Waals surface area (Å²) in [6, 6.07) is 6.75. The molecule has 2 aliphatic heterocycles. The molecule has 142 valence electrons. The summed E-state index contributed by atoms with van der Waals surface area (Å²) in [5.41, 5.74) is 0.562. The number of amides is 2. The Bertz CT molecular complexity index is 616. The van der Waals surface area contributed by atoms with Crippen LogP contribution in [0.15, 0.2) is 24.3 Å². The molecule has 0 aliphatic carbocycles. The number of nitrogens with zero attached hydrogens (tertiary/aromatic N) is 1. The Kier molecular flexibility index (Phi) is 6.88. The van der Waals surface area contributed by atoms with Crippen molar-refractivity contribution in [1.29, 1.82) is 0 Å². The molecule has 0 spiro atoms. The molecule has 0 bridgehead atoms. The number of benzene rings is 1. The van der Waals surface area contributed by atoms with Crippen LogP contribution in [-0.4, -0.2) is 55.3 Å². The maximum atomic E-state index is 12.6. The average Bonchev–Trinajstić information content (AvgIpc) is 3.20. The minimum absolute atomic E-state index is 0.0161. The first-order valence-electron chi connectivity index (χ1n) is 9.21. The first kappa shape index (κ1) is 19.1. The van der Waals surface area contributed by atoms with E-state index in [1.54, 1.807) is 24.3 Å². The van der Waals surface area contributed by atoms with E-state index in [1.165, 1.54) is 0 Å². The second kappa shape index (κ2) is 9.35. The number of nitrogens with one attached hydrogen (secondary N) is 1. The van der Waals surface area contributed by atoms with E-state index in [9.17, 15) is 9.59 Å². The number of hydrogen-bond acceptors (Lipinski definition) is 4. The molecule has 1 aromatic carbocycles. The van der Waals surface area contributed by atoms with Gasteiger partial charge < -0.3 is 19.7 Å². The van der Waals surface area contributed by atoms with Crippen molar-refractivity contribution in [2.24, 2.45) is 0 Å². The minimum atomic E-state index is -0.288. The van der Waals surface area contributed by atoms with Gasteiger partial charge in [-0.3, -0.25) is 9.59 Å². The molecule has 6 nitrogen and oxygen atoms in total. The lowest BCUT2D eigenvalue weighted by Crippen LogP contribution is -2.50. The Hall–Kier alpha value is -1.63. The molecule has 0 radical (unpaired) electrons. The number of likely N-dealkylation sites (tertiary alicyclic amines) is 1. The van der Waals surface area contributed by atoms with Gasteiger partial charge >= 0.3 is 0 Å². The summed E-state index contributed by atoms with van der Waals surface area (Å²) >= 11 is 5.82. The standard InChI is InChI=1S/C19H25ClN2O4/c20-15-8-6-14(7-9-15)18(24)21-10-3-5-17(23)22-11-2-1-4-16(22)19-25-12-13-26-19/h6-9,16,19H,1-5,10-13H2,(H,21,24). The van der Waals surface area contributed by atoms with E-state index < -0.39 is 0 Å². The van der Waals surface area contributed by atoms with Crippen LogP contribution in [0.1, 0.15) is 42.5 Å². The first-order chi connectivity index (χ1) is 12.6. The predicted octanol–water partition coefficient (Wildman–Crippen LogP) is 2.60.